The molecule has 1 heterocycles. The minimum absolute atomic E-state index is 0.112. The van der Waals surface area contributed by atoms with Crippen molar-refractivity contribution in [1.82, 2.24) is 10.2 Å². The van der Waals surface area contributed by atoms with Crippen LogP contribution in [0.15, 0.2) is 0 Å². The van der Waals surface area contributed by atoms with Crippen molar-refractivity contribution in [2.24, 2.45) is 0 Å². The number of rotatable bonds is 3. The maximum atomic E-state index is 11.9. The quantitative estimate of drug-likeness (QED) is 0.709. The van der Waals surface area contributed by atoms with Gasteiger partial charge in [-0.05, 0) is 20.8 Å². The SMILES string of the molecule is CCOC(C)C(=O)N1CCNC[C@H]1C. The Labute approximate surface area is 85.6 Å². The molecule has 0 aromatic rings. The molecule has 1 amide bonds. The van der Waals surface area contributed by atoms with Gasteiger partial charge in [-0.2, -0.15) is 0 Å². The fourth-order valence-corrected chi connectivity index (χ4v) is 1.72. The Kier molecular flexibility index (Phi) is 4.35. The molecule has 4 heteroatoms. The molecular formula is C10H20N2O2. The number of carbonyl (C=O) groups is 1. The third-order valence-corrected chi connectivity index (χ3v) is 2.55. The van der Waals surface area contributed by atoms with E-state index in [9.17, 15) is 4.79 Å². The van der Waals surface area contributed by atoms with Gasteiger partial charge in [0, 0.05) is 32.3 Å². The highest BCUT2D eigenvalue weighted by Gasteiger charge is 2.26. The van der Waals surface area contributed by atoms with Crippen LogP contribution in [0.2, 0.25) is 0 Å². The van der Waals surface area contributed by atoms with Gasteiger partial charge >= 0.3 is 0 Å². The summed E-state index contributed by atoms with van der Waals surface area (Å²) in [5.74, 6) is 0.112. The van der Waals surface area contributed by atoms with Crippen LogP contribution in [0.3, 0.4) is 0 Å². The number of ether oxygens (including phenoxy) is 1. The molecule has 1 unspecified atom stereocenters. The van der Waals surface area contributed by atoms with Crippen molar-refractivity contribution in [2.45, 2.75) is 32.9 Å². The van der Waals surface area contributed by atoms with E-state index in [2.05, 4.69) is 12.2 Å². The number of carbonyl (C=O) groups excluding carboxylic acids is 1. The van der Waals surface area contributed by atoms with Gasteiger partial charge in [0.05, 0.1) is 0 Å². The average molecular weight is 200 g/mol. The first-order valence-corrected chi connectivity index (χ1v) is 5.29. The molecule has 0 aliphatic carbocycles. The molecule has 1 N–H and O–H groups in total. The lowest BCUT2D eigenvalue weighted by Crippen LogP contribution is -2.54. The van der Waals surface area contributed by atoms with Gasteiger partial charge in [-0.15, -0.1) is 0 Å². The van der Waals surface area contributed by atoms with Crippen LogP contribution in [0.25, 0.3) is 0 Å². The topological polar surface area (TPSA) is 41.6 Å². The van der Waals surface area contributed by atoms with Crippen molar-refractivity contribution in [1.29, 1.82) is 0 Å². The van der Waals surface area contributed by atoms with Gasteiger partial charge in [-0.3, -0.25) is 4.79 Å². The van der Waals surface area contributed by atoms with Crippen LogP contribution in [0.4, 0.5) is 0 Å². The van der Waals surface area contributed by atoms with Gasteiger partial charge in [0.25, 0.3) is 5.91 Å². The first-order valence-electron chi connectivity index (χ1n) is 5.29. The first kappa shape index (κ1) is 11.5. The van der Waals surface area contributed by atoms with Crippen molar-refractivity contribution < 1.29 is 9.53 Å². The highest BCUT2D eigenvalue weighted by Crippen LogP contribution is 2.06. The van der Waals surface area contributed by atoms with Crippen LogP contribution in [0.1, 0.15) is 20.8 Å². The maximum absolute atomic E-state index is 11.9. The molecule has 4 nitrogen and oxygen atoms in total. The summed E-state index contributed by atoms with van der Waals surface area (Å²) in [5.41, 5.74) is 0. The Morgan fingerprint density at radius 1 is 1.71 bits per heavy atom. The summed E-state index contributed by atoms with van der Waals surface area (Å²) in [4.78, 5) is 13.8. The van der Waals surface area contributed by atoms with E-state index >= 15 is 0 Å². The number of piperazine rings is 1. The van der Waals surface area contributed by atoms with Gasteiger partial charge in [-0.1, -0.05) is 0 Å². The van der Waals surface area contributed by atoms with E-state index < -0.39 is 0 Å². The monoisotopic (exact) mass is 200 g/mol. The van der Waals surface area contributed by atoms with E-state index in [0.717, 1.165) is 19.6 Å². The Balaban J connectivity index is 2.49. The molecule has 0 aromatic heterocycles. The van der Waals surface area contributed by atoms with E-state index in [-0.39, 0.29) is 18.1 Å². The molecule has 0 bridgehead atoms. The lowest BCUT2D eigenvalue weighted by molar-refractivity contribution is -0.145. The lowest BCUT2D eigenvalue weighted by Gasteiger charge is -2.35. The summed E-state index contributed by atoms with van der Waals surface area (Å²) in [6.45, 7) is 8.93. The molecule has 14 heavy (non-hydrogen) atoms. The van der Waals surface area contributed by atoms with Crippen molar-refractivity contribution >= 4 is 5.91 Å². The molecule has 1 aliphatic heterocycles. The highest BCUT2D eigenvalue weighted by molar-refractivity contribution is 5.81. The Bertz CT molecular complexity index is 197. The van der Waals surface area contributed by atoms with Crippen molar-refractivity contribution in [3.05, 3.63) is 0 Å². The van der Waals surface area contributed by atoms with Crippen LogP contribution in [-0.2, 0) is 9.53 Å². The fraction of sp³-hybridized carbons (Fsp3) is 0.900. The molecule has 0 radical (unpaired) electrons. The summed E-state index contributed by atoms with van der Waals surface area (Å²) >= 11 is 0. The van der Waals surface area contributed by atoms with E-state index in [1.165, 1.54) is 0 Å². The Hall–Kier alpha value is -0.610. The Morgan fingerprint density at radius 3 is 3.00 bits per heavy atom. The number of amides is 1. The van der Waals surface area contributed by atoms with E-state index in [1.54, 1.807) is 0 Å². The smallest absolute Gasteiger partial charge is 0.251 e. The molecule has 0 spiro atoms. The highest BCUT2D eigenvalue weighted by atomic mass is 16.5. The minimum atomic E-state index is -0.305. The predicted molar refractivity (Wildman–Crippen MR) is 55.1 cm³/mol. The van der Waals surface area contributed by atoms with Gasteiger partial charge in [0.15, 0.2) is 0 Å². The molecule has 0 saturated carbocycles. The zero-order valence-corrected chi connectivity index (χ0v) is 9.25. The third kappa shape index (κ3) is 2.69. The number of nitrogens with one attached hydrogen (secondary N) is 1. The summed E-state index contributed by atoms with van der Waals surface area (Å²) in [6, 6.07) is 0.277. The maximum Gasteiger partial charge on any atom is 0.251 e. The number of hydrogen-bond donors (Lipinski definition) is 1. The molecule has 2 atom stereocenters. The van der Waals surface area contributed by atoms with Crippen LogP contribution < -0.4 is 5.32 Å². The van der Waals surface area contributed by atoms with E-state index in [0.29, 0.717) is 6.61 Å². The summed E-state index contributed by atoms with van der Waals surface area (Å²) < 4.78 is 5.29. The lowest BCUT2D eigenvalue weighted by atomic mass is 10.2. The third-order valence-electron chi connectivity index (χ3n) is 2.55. The van der Waals surface area contributed by atoms with Crippen molar-refractivity contribution in [3.8, 4) is 0 Å². The summed E-state index contributed by atoms with van der Waals surface area (Å²) in [6.07, 6.45) is -0.305. The average Bonchev–Trinajstić information content (AvgIpc) is 2.18. The Morgan fingerprint density at radius 2 is 2.43 bits per heavy atom. The second-order valence-electron chi connectivity index (χ2n) is 3.68. The van der Waals surface area contributed by atoms with Crippen molar-refractivity contribution in [3.63, 3.8) is 0 Å². The summed E-state index contributed by atoms with van der Waals surface area (Å²) in [5, 5.41) is 3.26. The predicted octanol–water partition coefficient (Wildman–Crippen LogP) is 0.232. The standard InChI is InChI=1S/C10H20N2O2/c1-4-14-9(3)10(13)12-6-5-11-7-8(12)2/h8-9,11H,4-7H2,1-3H3/t8-,9?/m1/s1. The van der Waals surface area contributed by atoms with Crippen LogP contribution in [0, 0.1) is 0 Å². The molecular weight excluding hydrogens is 180 g/mol. The van der Waals surface area contributed by atoms with Crippen LogP contribution >= 0.6 is 0 Å². The first-order chi connectivity index (χ1) is 6.66. The van der Waals surface area contributed by atoms with Gasteiger partial charge < -0.3 is 15.0 Å². The number of hydrogen-bond acceptors (Lipinski definition) is 3. The molecule has 1 fully saturated rings. The molecule has 1 saturated heterocycles. The van der Waals surface area contributed by atoms with E-state index in [4.69, 9.17) is 4.74 Å². The van der Waals surface area contributed by atoms with Crippen LogP contribution in [0.5, 0.6) is 0 Å². The normalized spacial score (nSPS) is 24.8. The molecule has 0 aromatic carbocycles. The van der Waals surface area contributed by atoms with Crippen LogP contribution in [-0.4, -0.2) is 49.2 Å². The second-order valence-corrected chi connectivity index (χ2v) is 3.68. The zero-order valence-electron chi connectivity index (χ0n) is 9.25. The largest absolute Gasteiger partial charge is 0.369 e. The fourth-order valence-electron chi connectivity index (χ4n) is 1.72. The molecule has 1 rings (SSSR count). The number of nitrogens with zero attached hydrogens (tertiary/aromatic N) is 1. The van der Waals surface area contributed by atoms with Gasteiger partial charge in [0.2, 0.25) is 0 Å². The van der Waals surface area contributed by atoms with Gasteiger partial charge in [0.1, 0.15) is 6.10 Å². The second kappa shape index (κ2) is 5.32. The van der Waals surface area contributed by atoms with Crippen molar-refractivity contribution in [2.75, 3.05) is 26.2 Å². The van der Waals surface area contributed by atoms with E-state index in [1.807, 2.05) is 18.7 Å². The molecule has 1 aliphatic rings. The minimum Gasteiger partial charge on any atom is -0.369 e. The summed E-state index contributed by atoms with van der Waals surface area (Å²) in [7, 11) is 0. The zero-order chi connectivity index (χ0) is 10.6. The van der Waals surface area contributed by atoms with Gasteiger partial charge in [-0.25, -0.2) is 0 Å². The molecule has 82 valence electrons.